The largest absolute Gasteiger partial charge is 0.495 e. The van der Waals surface area contributed by atoms with Crippen molar-refractivity contribution in [2.45, 2.75) is 24.5 Å². The first-order chi connectivity index (χ1) is 14.5. The van der Waals surface area contributed by atoms with E-state index in [1.54, 1.807) is 32.4 Å². The van der Waals surface area contributed by atoms with Gasteiger partial charge in [0.1, 0.15) is 11.4 Å². The predicted molar refractivity (Wildman–Crippen MR) is 119 cm³/mol. The lowest BCUT2D eigenvalue weighted by Crippen LogP contribution is -2.61. The molecule has 0 N–H and O–H groups in total. The number of piperidine rings is 1. The van der Waals surface area contributed by atoms with Crippen molar-refractivity contribution < 1.29 is 14.3 Å². The fraction of sp³-hybridized carbons (Fsp3) is 0.435. The number of carbonyl (C=O) groups excluding carboxylic acids is 1. The molecule has 2 atom stereocenters. The van der Waals surface area contributed by atoms with E-state index in [0.717, 1.165) is 36.5 Å². The van der Waals surface area contributed by atoms with Gasteiger partial charge in [-0.25, -0.2) is 0 Å². The molecule has 0 bridgehead atoms. The molecule has 4 rings (SSSR count). The zero-order chi connectivity index (χ0) is 21.3. The predicted octanol–water partition coefficient (Wildman–Crippen LogP) is 4.46. The van der Waals surface area contributed by atoms with Crippen molar-refractivity contribution in [2.75, 3.05) is 40.4 Å². The minimum Gasteiger partial charge on any atom is -0.495 e. The molecule has 0 aliphatic carbocycles. The number of rotatable bonds is 4. The number of hydrogen-bond acceptors (Lipinski definition) is 4. The van der Waals surface area contributed by atoms with Gasteiger partial charge in [-0.1, -0.05) is 41.4 Å². The quantitative estimate of drug-likeness (QED) is 0.691. The highest BCUT2D eigenvalue weighted by Gasteiger charge is 2.43. The van der Waals surface area contributed by atoms with Crippen LogP contribution in [0.4, 0.5) is 0 Å². The summed E-state index contributed by atoms with van der Waals surface area (Å²) in [5, 5.41) is 1.10. The molecule has 1 amide bonds. The van der Waals surface area contributed by atoms with E-state index in [1.807, 2.05) is 17.0 Å². The highest BCUT2D eigenvalue weighted by Crippen LogP contribution is 2.39. The number of amides is 1. The molecule has 30 heavy (non-hydrogen) atoms. The molecule has 2 aliphatic heterocycles. The fourth-order valence-corrected chi connectivity index (χ4v) is 5.05. The minimum atomic E-state index is -0.344. The third-order valence-electron chi connectivity index (χ3n) is 6.41. The minimum absolute atomic E-state index is 0.0418. The Morgan fingerprint density at radius 3 is 2.57 bits per heavy atom. The molecule has 2 saturated heterocycles. The molecule has 0 radical (unpaired) electrons. The summed E-state index contributed by atoms with van der Waals surface area (Å²) in [6, 6.07) is 13.6. The van der Waals surface area contributed by atoms with Gasteiger partial charge in [-0.15, -0.1) is 0 Å². The van der Waals surface area contributed by atoms with Gasteiger partial charge in [0.2, 0.25) is 0 Å². The van der Waals surface area contributed by atoms with Gasteiger partial charge in [-0.3, -0.25) is 9.69 Å². The van der Waals surface area contributed by atoms with Crippen LogP contribution in [0.3, 0.4) is 0 Å². The van der Waals surface area contributed by atoms with Crippen LogP contribution in [0.5, 0.6) is 5.75 Å². The first-order valence-electron chi connectivity index (χ1n) is 10.1. The van der Waals surface area contributed by atoms with Gasteiger partial charge in [0.15, 0.2) is 0 Å². The summed E-state index contributed by atoms with van der Waals surface area (Å²) >= 11 is 12.5. The van der Waals surface area contributed by atoms with Crippen molar-refractivity contribution >= 4 is 29.1 Å². The van der Waals surface area contributed by atoms with E-state index in [0.29, 0.717) is 35.5 Å². The SMILES string of the molecule is COc1cccc(C(=O)N2CCN3C[C@@](OC)(c4ccc(Cl)cc4)CC[C@H]3C2)c1Cl. The summed E-state index contributed by atoms with van der Waals surface area (Å²) < 4.78 is 11.3. The highest BCUT2D eigenvalue weighted by atomic mass is 35.5. The Hall–Kier alpha value is -1.79. The lowest BCUT2D eigenvalue weighted by Gasteiger charge is -2.50. The lowest BCUT2D eigenvalue weighted by molar-refractivity contribution is -0.0985. The fourth-order valence-electron chi connectivity index (χ4n) is 4.64. The molecule has 0 aromatic heterocycles. The Labute approximate surface area is 187 Å². The van der Waals surface area contributed by atoms with Gasteiger partial charge in [0.05, 0.1) is 17.7 Å². The van der Waals surface area contributed by atoms with E-state index in [4.69, 9.17) is 32.7 Å². The van der Waals surface area contributed by atoms with Crippen molar-refractivity contribution in [3.63, 3.8) is 0 Å². The van der Waals surface area contributed by atoms with Crippen LogP contribution in [0.15, 0.2) is 42.5 Å². The number of carbonyl (C=O) groups is 1. The molecule has 160 valence electrons. The van der Waals surface area contributed by atoms with Crippen LogP contribution in [-0.2, 0) is 10.3 Å². The number of halogens is 2. The van der Waals surface area contributed by atoms with Gasteiger partial charge >= 0.3 is 0 Å². The van der Waals surface area contributed by atoms with Gasteiger partial charge in [0.25, 0.3) is 5.91 Å². The molecule has 2 aromatic carbocycles. The van der Waals surface area contributed by atoms with Crippen LogP contribution in [0.2, 0.25) is 10.0 Å². The van der Waals surface area contributed by atoms with Crippen LogP contribution < -0.4 is 4.74 Å². The third-order valence-corrected chi connectivity index (χ3v) is 7.05. The molecular formula is C23H26Cl2N2O3. The number of hydrogen-bond donors (Lipinski definition) is 0. The molecule has 0 unspecified atom stereocenters. The number of methoxy groups -OCH3 is 2. The standard InChI is InChI=1S/C23H26Cl2N2O3/c1-29-20-5-3-4-19(21(20)25)22(28)26-12-13-27-15-23(30-2,11-10-18(27)14-26)16-6-8-17(24)9-7-16/h3-9,18H,10-15H2,1-2H3/t18-,23+/m0/s1. The molecule has 2 aromatic rings. The number of fused-ring (bicyclic) bond motifs is 1. The molecular weight excluding hydrogens is 423 g/mol. The topological polar surface area (TPSA) is 42.0 Å². The molecule has 7 heteroatoms. The van der Waals surface area contributed by atoms with Crippen molar-refractivity contribution in [2.24, 2.45) is 0 Å². The molecule has 0 saturated carbocycles. The molecule has 2 heterocycles. The van der Waals surface area contributed by atoms with Gasteiger partial charge in [0, 0.05) is 44.4 Å². The summed E-state index contributed by atoms with van der Waals surface area (Å²) in [6.07, 6.45) is 1.85. The maximum absolute atomic E-state index is 13.1. The molecule has 2 fully saturated rings. The van der Waals surface area contributed by atoms with E-state index in [-0.39, 0.29) is 11.5 Å². The second kappa shape index (κ2) is 8.75. The van der Waals surface area contributed by atoms with Crippen LogP contribution in [0.25, 0.3) is 0 Å². The van der Waals surface area contributed by atoms with E-state index in [9.17, 15) is 4.79 Å². The first-order valence-corrected chi connectivity index (χ1v) is 10.9. The molecule has 2 aliphatic rings. The summed E-state index contributed by atoms with van der Waals surface area (Å²) in [6.45, 7) is 2.95. The average Bonchev–Trinajstić information content (AvgIpc) is 2.78. The number of piperazine rings is 1. The van der Waals surface area contributed by atoms with Gasteiger partial charge in [-0.2, -0.15) is 0 Å². The lowest BCUT2D eigenvalue weighted by atomic mass is 9.82. The van der Waals surface area contributed by atoms with Gasteiger partial charge < -0.3 is 14.4 Å². The summed E-state index contributed by atoms with van der Waals surface area (Å²) in [4.78, 5) is 17.5. The monoisotopic (exact) mass is 448 g/mol. The van der Waals surface area contributed by atoms with Crippen molar-refractivity contribution in [3.05, 3.63) is 63.6 Å². The Morgan fingerprint density at radius 2 is 1.87 bits per heavy atom. The summed E-state index contributed by atoms with van der Waals surface area (Å²) in [5.41, 5.74) is 1.30. The van der Waals surface area contributed by atoms with Crippen molar-refractivity contribution in [3.8, 4) is 5.75 Å². The average molecular weight is 449 g/mol. The normalized spacial score (nSPS) is 24.4. The van der Waals surface area contributed by atoms with E-state index in [2.05, 4.69) is 17.0 Å². The molecule has 5 nitrogen and oxygen atoms in total. The number of benzene rings is 2. The maximum atomic E-state index is 13.1. The van der Waals surface area contributed by atoms with Crippen molar-refractivity contribution in [1.29, 1.82) is 0 Å². The number of ether oxygens (including phenoxy) is 2. The Kier molecular flexibility index (Phi) is 6.26. The van der Waals surface area contributed by atoms with Crippen LogP contribution in [0, 0.1) is 0 Å². The van der Waals surface area contributed by atoms with E-state index >= 15 is 0 Å². The zero-order valence-electron chi connectivity index (χ0n) is 17.2. The second-order valence-corrected chi connectivity index (χ2v) is 8.76. The Morgan fingerprint density at radius 1 is 1.10 bits per heavy atom. The maximum Gasteiger partial charge on any atom is 0.255 e. The van der Waals surface area contributed by atoms with Crippen LogP contribution >= 0.6 is 23.2 Å². The van der Waals surface area contributed by atoms with E-state index in [1.165, 1.54) is 0 Å². The summed E-state index contributed by atoms with van der Waals surface area (Å²) in [7, 11) is 3.33. The van der Waals surface area contributed by atoms with Crippen LogP contribution in [0.1, 0.15) is 28.8 Å². The highest BCUT2D eigenvalue weighted by molar-refractivity contribution is 6.35. The van der Waals surface area contributed by atoms with Crippen LogP contribution in [-0.4, -0.2) is 62.1 Å². The Bertz CT molecular complexity index is 921. The first kappa shape index (κ1) is 21.4. The smallest absolute Gasteiger partial charge is 0.255 e. The van der Waals surface area contributed by atoms with Gasteiger partial charge in [-0.05, 0) is 42.7 Å². The second-order valence-electron chi connectivity index (χ2n) is 7.94. The third kappa shape index (κ3) is 3.92. The number of nitrogens with zero attached hydrogens (tertiary/aromatic N) is 2. The van der Waals surface area contributed by atoms with Crippen molar-refractivity contribution in [1.82, 2.24) is 9.80 Å². The van der Waals surface area contributed by atoms with E-state index < -0.39 is 0 Å². The Balaban J connectivity index is 1.48. The molecule has 0 spiro atoms. The zero-order valence-corrected chi connectivity index (χ0v) is 18.7. The summed E-state index contributed by atoms with van der Waals surface area (Å²) in [5.74, 6) is 0.478.